The molecule has 0 bridgehead atoms. The number of rotatable bonds is 4. The Hall–Kier alpha value is -1.18. The predicted molar refractivity (Wildman–Crippen MR) is 67.6 cm³/mol. The predicted octanol–water partition coefficient (Wildman–Crippen LogP) is 1.000. The van der Waals surface area contributed by atoms with E-state index in [9.17, 15) is 4.79 Å². The van der Waals surface area contributed by atoms with Crippen LogP contribution in [0.4, 0.5) is 5.13 Å². The first kappa shape index (κ1) is 13.3. The summed E-state index contributed by atoms with van der Waals surface area (Å²) in [7, 11) is 3.30. The van der Waals surface area contributed by atoms with E-state index in [1.54, 1.807) is 21.1 Å². The summed E-state index contributed by atoms with van der Waals surface area (Å²) in [5.41, 5.74) is 0.553. The van der Waals surface area contributed by atoms with Crippen molar-refractivity contribution in [1.82, 2.24) is 4.98 Å². The summed E-state index contributed by atoms with van der Waals surface area (Å²) >= 11 is 1.19. The van der Waals surface area contributed by atoms with Crippen LogP contribution in [0.5, 0.6) is 0 Å². The smallest absolute Gasteiger partial charge is 0.347 e. The van der Waals surface area contributed by atoms with E-state index in [2.05, 4.69) is 4.98 Å². The molecular formula is C11H16N2O4S. The highest BCUT2D eigenvalue weighted by Crippen LogP contribution is 2.29. The summed E-state index contributed by atoms with van der Waals surface area (Å²) in [6, 6.07) is 0. The summed E-state index contributed by atoms with van der Waals surface area (Å²) in [5.74, 6) is -0.929. The molecule has 1 N–H and O–H groups in total. The van der Waals surface area contributed by atoms with Gasteiger partial charge in [0.2, 0.25) is 0 Å². The van der Waals surface area contributed by atoms with Crippen LogP contribution in [0.3, 0.4) is 0 Å². The molecule has 2 rings (SSSR count). The van der Waals surface area contributed by atoms with E-state index in [1.165, 1.54) is 11.3 Å². The highest BCUT2D eigenvalue weighted by Gasteiger charge is 2.34. The average molecular weight is 272 g/mol. The molecule has 100 valence electrons. The van der Waals surface area contributed by atoms with Crippen molar-refractivity contribution in [1.29, 1.82) is 0 Å². The highest BCUT2D eigenvalue weighted by atomic mass is 32.1. The molecular weight excluding hydrogens is 256 g/mol. The molecule has 0 saturated carbocycles. The third-order valence-electron chi connectivity index (χ3n) is 3.07. The number of carboxylic acids is 1. The summed E-state index contributed by atoms with van der Waals surface area (Å²) in [6.07, 6.45) is -0.0139. The van der Waals surface area contributed by atoms with Gasteiger partial charge >= 0.3 is 5.97 Å². The van der Waals surface area contributed by atoms with Crippen LogP contribution >= 0.6 is 11.3 Å². The van der Waals surface area contributed by atoms with Gasteiger partial charge in [-0.1, -0.05) is 11.3 Å². The minimum Gasteiger partial charge on any atom is -0.477 e. The number of aromatic carboxylic acids is 1. The van der Waals surface area contributed by atoms with Gasteiger partial charge in [-0.05, 0) is 6.92 Å². The van der Waals surface area contributed by atoms with Crippen LogP contribution in [0.2, 0.25) is 0 Å². The lowest BCUT2D eigenvalue weighted by molar-refractivity contribution is -0.00461. The Balaban J connectivity index is 2.18. The van der Waals surface area contributed by atoms with Gasteiger partial charge in [0, 0.05) is 27.3 Å². The lowest BCUT2D eigenvalue weighted by atomic mass is 10.3. The fourth-order valence-electron chi connectivity index (χ4n) is 2.07. The van der Waals surface area contributed by atoms with Gasteiger partial charge < -0.3 is 19.5 Å². The fraction of sp³-hybridized carbons (Fsp3) is 0.636. The van der Waals surface area contributed by atoms with Gasteiger partial charge in [-0.3, -0.25) is 0 Å². The summed E-state index contributed by atoms with van der Waals surface area (Å²) in [6.45, 7) is 3.04. The number of methoxy groups -OCH3 is 2. The standard InChI is InChI=1S/C11H16N2O4S/c1-6-9(10(14)15)18-11(12-6)13-4-7(16-2)8(5-13)17-3/h7-8H,4-5H2,1-3H3,(H,14,15). The topological polar surface area (TPSA) is 71.9 Å². The molecule has 1 aromatic rings. The van der Waals surface area contributed by atoms with Gasteiger partial charge in [0.1, 0.15) is 17.1 Å². The van der Waals surface area contributed by atoms with Gasteiger partial charge in [-0.25, -0.2) is 9.78 Å². The largest absolute Gasteiger partial charge is 0.477 e. The number of anilines is 1. The quantitative estimate of drug-likeness (QED) is 0.881. The van der Waals surface area contributed by atoms with Gasteiger partial charge in [-0.2, -0.15) is 0 Å². The SMILES string of the molecule is COC1CN(c2nc(C)c(C(=O)O)s2)CC1OC. The van der Waals surface area contributed by atoms with Crippen LogP contribution in [-0.2, 0) is 9.47 Å². The van der Waals surface area contributed by atoms with E-state index in [0.717, 1.165) is 0 Å². The number of aromatic nitrogens is 1. The van der Waals surface area contributed by atoms with Crippen molar-refractivity contribution in [3.63, 3.8) is 0 Å². The molecule has 1 aliphatic heterocycles. The zero-order chi connectivity index (χ0) is 13.3. The fourth-order valence-corrected chi connectivity index (χ4v) is 2.99. The van der Waals surface area contributed by atoms with Crippen LogP contribution in [-0.4, -0.2) is 55.6 Å². The van der Waals surface area contributed by atoms with Crippen LogP contribution < -0.4 is 4.90 Å². The maximum atomic E-state index is 11.0. The van der Waals surface area contributed by atoms with Crippen molar-refractivity contribution in [3.8, 4) is 0 Å². The number of thiazole rings is 1. The normalized spacial score (nSPS) is 23.6. The molecule has 1 fully saturated rings. The second-order valence-electron chi connectivity index (χ2n) is 4.17. The minimum atomic E-state index is -0.929. The Bertz CT molecular complexity index is 436. The number of nitrogens with zero attached hydrogens (tertiary/aromatic N) is 2. The maximum absolute atomic E-state index is 11.0. The summed E-state index contributed by atoms with van der Waals surface area (Å²) < 4.78 is 10.7. The Labute approximate surface area is 109 Å². The Morgan fingerprint density at radius 3 is 2.33 bits per heavy atom. The minimum absolute atomic E-state index is 0.00696. The van der Waals surface area contributed by atoms with E-state index in [0.29, 0.717) is 28.8 Å². The first-order chi connectivity index (χ1) is 8.56. The van der Waals surface area contributed by atoms with Gasteiger partial charge in [-0.15, -0.1) is 0 Å². The van der Waals surface area contributed by atoms with E-state index in [-0.39, 0.29) is 12.2 Å². The molecule has 0 aliphatic carbocycles. The Morgan fingerprint density at radius 2 is 1.94 bits per heavy atom. The molecule has 0 spiro atoms. The highest BCUT2D eigenvalue weighted by molar-refractivity contribution is 7.17. The first-order valence-corrected chi connectivity index (χ1v) is 6.39. The molecule has 18 heavy (non-hydrogen) atoms. The second kappa shape index (κ2) is 5.21. The number of hydrogen-bond donors (Lipinski definition) is 1. The summed E-state index contributed by atoms with van der Waals surface area (Å²) in [4.78, 5) is 17.6. The molecule has 1 aliphatic rings. The van der Waals surface area contributed by atoms with Crippen LogP contribution in [0.1, 0.15) is 15.4 Å². The van der Waals surface area contributed by atoms with Crippen molar-refractivity contribution in [2.75, 3.05) is 32.2 Å². The first-order valence-electron chi connectivity index (χ1n) is 5.58. The third kappa shape index (κ3) is 2.33. The lowest BCUT2D eigenvalue weighted by Gasteiger charge is -2.13. The second-order valence-corrected chi connectivity index (χ2v) is 5.15. The molecule has 6 nitrogen and oxygen atoms in total. The molecule has 2 atom stereocenters. The zero-order valence-corrected chi connectivity index (χ0v) is 11.4. The zero-order valence-electron chi connectivity index (χ0n) is 10.5. The third-order valence-corrected chi connectivity index (χ3v) is 4.28. The van der Waals surface area contributed by atoms with E-state index in [1.807, 2.05) is 4.90 Å². The summed E-state index contributed by atoms with van der Waals surface area (Å²) in [5, 5.41) is 9.73. The molecule has 2 unspecified atom stereocenters. The molecule has 0 aromatic carbocycles. The van der Waals surface area contributed by atoms with Crippen molar-refractivity contribution in [3.05, 3.63) is 10.6 Å². The Morgan fingerprint density at radius 1 is 1.39 bits per heavy atom. The van der Waals surface area contributed by atoms with Crippen LogP contribution in [0.25, 0.3) is 0 Å². The monoisotopic (exact) mass is 272 g/mol. The molecule has 0 amide bonds. The number of ether oxygens (including phenoxy) is 2. The van der Waals surface area contributed by atoms with Gasteiger partial charge in [0.15, 0.2) is 5.13 Å². The van der Waals surface area contributed by atoms with Crippen molar-refractivity contribution < 1.29 is 19.4 Å². The van der Waals surface area contributed by atoms with E-state index < -0.39 is 5.97 Å². The lowest BCUT2D eigenvalue weighted by Crippen LogP contribution is -2.27. The van der Waals surface area contributed by atoms with Gasteiger partial charge in [0.25, 0.3) is 0 Å². The molecule has 1 saturated heterocycles. The molecule has 2 heterocycles. The van der Waals surface area contributed by atoms with E-state index >= 15 is 0 Å². The maximum Gasteiger partial charge on any atom is 0.347 e. The average Bonchev–Trinajstić information content (AvgIpc) is 2.91. The van der Waals surface area contributed by atoms with Crippen molar-refractivity contribution >= 4 is 22.4 Å². The molecule has 7 heteroatoms. The molecule has 0 radical (unpaired) electrons. The Kier molecular flexibility index (Phi) is 3.84. The van der Waals surface area contributed by atoms with Crippen molar-refractivity contribution in [2.24, 2.45) is 0 Å². The van der Waals surface area contributed by atoms with Crippen molar-refractivity contribution in [2.45, 2.75) is 19.1 Å². The van der Waals surface area contributed by atoms with Crippen LogP contribution in [0.15, 0.2) is 0 Å². The van der Waals surface area contributed by atoms with Gasteiger partial charge in [0.05, 0.1) is 5.69 Å². The number of carbonyl (C=O) groups is 1. The van der Waals surface area contributed by atoms with Crippen LogP contribution in [0, 0.1) is 6.92 Å². The number of carboxylic acid groups (broad SMARTS) is 1. The number of aryl methyl sites for hydroxylation is 1. The molecule has 1 aromatic heterocycles. The van der Waals surface area contributed by atoms with E-state index in [4.69, 9.17) is 14.6 Å². The number of hydrogen-bond acceptors (Lipinski definition) is 6.